The zero-order valence-electron chi connectivity index (χ0n) is 13.1. The molecule has 0 unspecified atom stereocenters. The van der Waals surface area contributed by atoms with E-state index in [4.69, 9.17) is 0 Å². The normalized spacial score (nSPS) is 10.7. The monoisotopic (exact) mass is 314 g/mol. The molecule has 1 heterocycles. The van der Waals surface area contributed by atoms with Gasteiger partial charge in [0.1, 0.15) is 0 Å². The van der Waals surface area contributed by atoms with Crippen molar-refractivity contribution in [2.24, 2.45) is 0 Å². The van der Waals surface area contributed by atoms with Gasteiger partial charge >= 0.3 is 0 Å². The third-order valence-electron chi connectivity index (χ3n) is 3.37. The Labute approximate surface area is 136 Å². The van der Waals surface area contributed by atoms with Gasteiger partial charge in [0, 0.05) is 23.7 Å². The van der Waals surface area contributed by atoms with E-state index < -0.39 is 0 Å². The summed E-state index contributed by atoms with van der Waals surface area (Å²) in [6.45, 7) is 9.65. The Morgan fingerprint density at radius 2 is 2.18 bits per heavy atom. The fourth-order valence-electron chi connectivity index (χ4n) is 2.34. The predicted octanol–water partition coefficient (Wildman–Crippen LogP) is 3.99. The number of aryl methyl sites for hydroxylation is 2. The van der Waals surface area contributed by atoms with E-state index in [1.165, 1.54) is 10.4 Å². The summed E-state index contributed by atoms with van der Waals surface area (Å²) in [4.78, 5) is 15.6. The molecule has 1 amide bonds. The standard InChI is InChI=1S/C18H22N2OS/c1-4-9-20(12-16-6-5-10-22-16)13-18(21)19-17-8-7-14(2)11-15(17)3/h4-8,10-11H,1,9,12-13H2,2-3H3,(H,19,21). The fraction of sp³-hybridized carbons (Fsp3) is 0.278. The lowest BCUT2D eigenvalue weighted by Gasteiger charge is -2.19. The molecule has 0 radical (unpaired) electrons. The van der Waals surface area contributed by atoms with Crippen molar-refractivity contribution in [3.63, 3.8) is 0 Å². The van der Waals surface area contributed by atoms with Crippen LogP contribution in [0.5, 0.6) is 0 Å². The number of nitrogens with zero attached hydrogens (tertiary/aromatic N) is 1. The molecule has 1 aromatic carbocycles. The molecular formula is C18H22N2OS. The number of thiophene rings is 1. The minimum absolute atomic E-state index is 0.00496. The van der Waals surface area contributed by atoms with Crippen LogP contribution in [0.15, 0.2) is 48.4 Å². The number of nitrogens with one attached hydrogen (secondary N) is 1. The first-order chi connectivity index (χ1) is 10.6. The molecule has 116 valence electrons. The number of benzene rings is 1. The van der Waals surface area contributed by atoms with Gasteiger partial charge < -0.3 is 5.32 Å². The molecule has 2 aromatic rings. The van der Waals surface area contributed by atoms with Crippen LogP contribution < -0.4 is 5.32 Å². The van der Waals surface area contributed by atoms with Crippen LogP contribution in [0.25, 0.3) is 0 Å². The molecule has 0 atom stereocenters. The third-order valence-corrected chi connectivity index (χ3v) is 4.23. The lowest BCUT2D eigenvalue weighted by atomic mass is 10.1. The molecule has 2 rings (SSSR count). The molecule has 0 aliphatic rings. The molecule has 1 N–H and O–H groups in total. The lowest BCUT2D eigenvalue weighted by Crippen LogP contribution is -2.33. The minimum atomic E-state index is 0.00496. The second kappa shape index (κ2) is 7.92. The topological polar surface area (TPSA) is 32.3 Å². The van der Waals surface area contributed by atoms with E-state index in [0.717, 1.165) is 17.8 Å². The van der Waals surface area contributed by atoms with Crippen molar-refractivity contribution in [3.8, 4) is 0 Å². The van der Waals surface area contributed by atoms with Crippen LogP contribution in [-0.4, -0.2) is 23.9 Å². The summed E-state index contributed by atoms with van der Waals surface area (Å²) in [5.74, 6) is 0.00496. The van der Waals surface area contributed by atoms with Crippen LogP contribution in [0.4, 0.5) is 5.69 Å². The molecule has 0 spiro atoms. The smallest absolute Gasteiger partial charge is 0.238 e. The maximum absolute atomic E-state index is 12.3. The number of anilines is 1. The van der Waals surface area contributed by atoms with Gasteiger partial charge in [-0.15, -0.1) is 17.9 Å². The number of amides is 1. The van der Waals surface area contributed by atoms with Crippen LogP contribution in [0.2, 0.25) is 0 Å². The molecule has 0 saturated carbocycles. The van der Waals surface area contributed by atoms with Gasteiger partial charge in [-0.1, -0.05) is 29.8 Å². The number of rotatable bonds is 7. The summed E-state index contributed by atoms with van der Waals surface area (Å²) in [5.41, 5.74) is 3.16. The van der Waals surface area contributed by atoms with Crippen LogP contribution in [-0.2, 0) is 11.3 Å². The van der Waals surface area contributed by atoms with Gasteiger partial charge in [-0.05, 0) is 36.9 Å². The highest BCUT2D eigenvalue weighted by molar-refractivity contribution is 7.09. The van der Waals surface area contributed by atoms with Crippen LogP contribution >= 0.6 is 11.3 Å². The Balaban J connectivity index is 1.96. The molecule has 0 fully saturated rings. The lowest BCUT2D eigenvalue weighted by molar-refractivity contribution is -0.117. The first kappa shape index (κ1) is 16.5. The Kier molecular flexibility index (Phi) is 5.92. The average Bonchev–Trinajstić information content (AvgIpc) is 2.95. The summed E-state index contributed by atoms with van der Waals surface area (Å²) < 4.78 is 0. The second-order valence-corrected chi connectivity index (χ2v) is 6.44. The van der Waals surface area contributed by atoms with Crippen LogP contribution in [0.1, 0.15) is 16.0 Å². The molecule has 1 aromatic heterocycles. The first-order valence-corrected chi connectivity index (χ1v) is 8.19. The molecule has 0 bridgehead atoms. The Bertz CT molecular complexity index is 635. The molecular weight excluding hydrogens is 292 g/mol. The van der Waals surface area contributed by atoms with E-state index in [0.29, 0.717) is 13.1 Å². The Morgan fingerprint density at radius 1 is 1.36 bits per heavy atom. The molecule has 4 heteroatoms. The number of carbonyl (C=O) groups excluding carboxylic acids is 1. The molecule has 22 heavy (non-hydrogen) atoms. The van der Waals surface area contributed by atoms with E-state index in [1.54, 1.807) is 11.3 Å². The summed E-state index contributed by atoms with van der Waals surface area (Å²) in [7, 11) is 0. The van der Waals surface area contributed by atoms with Crippen molar-refractivity contribution in [2.45, 2.75) is 20.4 Å². The van der Waals surface area contributed by atoms with Crippen molar-refractivity contribution < 1.29 is 4.79 Å². The van der Waals surface area contributed by atoms with Gasteiger partial charge in [0.15, 0.2) is 0 Å². The van der Waals surface area contributed by atoms with Crippen molar-refractivity contribution in [1.82, 2.24) is 4.90 Å². The zero-order valence-corrected chi connectivity index (χ0v) is 14.0. The van der Waals surface area contributed by atoms with E-state index in [-0.39, 0.29) is 5.91 Å². The van der Waals surface area contributed by atoms with E-state index in [9.17, 15) is 4.79 Å². The Morgan fingerprint density at radius 3 is 2.82 bits per heavy atom. The summed E-state index contributed by atoms with van der Waals surface area (Å²) >= 11 is 1.70. The summed E-state index contributed by atoms with van der Waals surface area (Å²) in [6.07, 6.45) is 1.83. The van der Waals surface area contributed by atoms with Crippen molar-refractivity contribution in [3.05, 3.63) is 64.4 Å². The number of hydrogen-bond donors (Lipinski definition) is 1. The fourth-order valence-corrected chi connectivity index (χ4v) is 3.08. The van der Waals surface area contributed by atoms with Crippen molar-refractivity contribution in [1.29, 1.82) is 0 Å². The maximum Gasteiger partial charge on any atom is 0.238 e. The van der Waals surface area contributed by atoms with Gasteiger partial charge in [0.25, 0.3) is 0 Å². The molecule has 0 saturated heterocycles. The van der Waals surface area contributed by atoms with Crippen LogP contribution in [0.3, 0.4) is 0 Å². The molecule has 3 nitrogen and oxygen atoms in total. The second-order valence-electron chi connectivity index (χ2n) is 5.40. The van der Waals surface area contributed by atoms with Crippen LogP contribution in [0, 0.1) is 13.8 Å². The van der Waals surface area contributed by atoms with Gasteiger partial charge in [-0.2, -0.15) is 0 Å². The zero-order chi connectivity index (χ0) is 15.9. The molecule has 0 aliphatic carbocycles. The SMILES string of the molecule is C=CCN(CC(=O)Nc1ccc(C)cc1C)Cc1cccs1. The highest BCUT2D eigenvalue weighted by Gasteiger charge is 2.12. The van der Waals surface area contributed by atoms with Gasteiger partial charge in [0.05, 0.1) is 6.54 Å². The predicted molar refractivity (Wildman–Crippen MR) is 94.3 cm³/mol. The first-order valence-electron chi connectivity index (χ1n) is 7.31. The third kappa shape index (κ3) is 4.83. The average molecular weight is 314 g/mol. The number of hydrogen-bond acceptors (Lipinski definition) is 3. The Hall–Kier alpha value is -1.91. The summed E-state index contributed by atoms with van der Waals surface area (Å²) in [5, 5.41) is 5.05. The highest BCUT2D eigenvalue weighted by atomic mass is 32.1. The highest BCUT2D eigenvalue weighted by Crippen LogP contribution is 2.16. The van der Waals surface area contributed by atoms with Gasteiger partial charge in [-0.3, -0.25) is 9.69 Å². The molecule has 0 aliphatic heterocycles. The van der Waals surface area contributed by atoms with Crippen molar-refractivity contribution >= 4 is 22.9 Å². The minimum Gasteiger partial charge on any atom is -0.325 e. The van der Waals surface area contributed by atoms with Gasteiger partial charge in [0.2, 0.25) is 5.91 Å². The largest absolute Gasteiger partial charge is 0.325 e. The quantitative estimate of drug-likeness (QED) is 0.784. The van der Waals surface area contributed by atoms with E-state index in [1.807, 2.05) is 38.1 Å². The maximum atomic E-state index is 12.3. The van der Waals surface area contributed by atoms with Crippen molar-refractivity contribution in [2.75, 3.05) is 18.4 Å². The number of carbonyl (C=O) groups is 1. The van der Waals surface area contributed by atoms with Gasteiger partial charge in [-0.25, -0.2) is 0 Å². The van der Waals surface area contributed by atoms with E-state index >= 15 is 0 Å². The summed E-state index contributed by atoms with van der Waals surface area (Å²) in [6, 6.07) is 10.2. The van der Waals surface area contributed by atoms with E-state index in [2.05, 4.69) is 34.3 Å².